The van der Waals surface area contributed by atoms with Crippen LogP contribution in [0.15, 0.2) is 24.3 Å². The average molecular weight is 424 g/mol. The summed E-state index contributed by atoms with van der Waals surface area (Å²) in [7, 11) is 0. The highest BCUT2D eigenvalue weighted by molar-refractivity contribution is 5.70. The molecule has 1 aliphatic heterocycles. The van der Waals surface area contributed by atoms with Gasteiger partial charge in [-0.25, -0.2) is 9.89 Å². The van der Waals surface area contributed by atoms with E-state index in [9.17, 15) is 4.79 Å². The maximum absolute atomic E-state index is 12.6. The summed E-state index contributed by atoms with van der Waals surface area (Å²) >= 11 is 0. The Bertz CT molecular complexity index is 1050. The summed E-state index contributed by atoms with van der Waals surface area (Å²) in [4.78, 5) is 14.4. The summed E-state index contributed by atoms with van der Waals surface area (Å²) in [5.41, 5.74) is 4.87. The highest BCUT2D eigenvalue weighted by Crippen LogP contribution is 2.32. The normalized spacial score (nSPS) is 14.5. The second-order valence-corrected chi connectivity index (χ2v) is 9.11. The minimum atomic E-state index is -0.504. The zero-order valence-electron chi connectivity index (χ0n) is 18.7. The highest BCUT2D eigenvalue weighted by atomic mass is 16.6. The third-order valence-electron chi connectivity index (χ3n) is 5.26. The van der Waals surface area contributed by atoms with Crippen molar-refractivity contribution in [1.82, 2.24) is 35.3 Å². The van der Waals surface area contributed by atoms with Crippen LogP contribution in [-0.4, -0.2) is 60.1 Å². The van der Waals surface area contributed by atoms with Crippen LogP contribution in [0.1, 0.15) is 51.9 Å². The molecule has 0 fully saturated rings. The molecule has 2 aromatic heterocycles. The molecule has 0 bridgehead atoms. The molecule has 4 rings (SSSR count). The molecule has 0 aliphatic carbocycles. The van der Waals surface area contributed by atoms with Crippen molar-refractivity contribution in [2.45, 2.75) is 59.1 Å². The molecule has 1 amide bonds. The number of aromatic amines is 1. The lowest BCUT2D eigenvalue weighted by atomic mass is 10.0. The molecular formula is C22H29N7O2. The van der Waals surface area contributed by atoms with Crippen LogP contribution in [0.5, 0.6) is 0 Å². The minimum Gasteiger partial charge on any atom is -0.444 e. The molecule has 3 aromatic rings. The molecule has 0 spiro atoms. The zero-order chi connectivity index (χ0) is 22.2. The second-order valence-electron chi connectivity index (χ2n) is 9.11. The first kappa shape index (κ1) is 21.0. The highest BCUT2D eigenvalue weighted by Gasteiger charge is 2.28. The molecule has 1 aromatic carbocycles. The van der Waals surface area contributed by atoms with E-state index in [1.807, 2.05) is 32.9 Å². The van der Waals surface area contributed by atoms with Gasteiger partial charge in [-0.3, -0.25) is 4.68 Å². The van der Waals surface area contributed by atoms with E-state index in [2.05, 4.69) is 51.3 Å². The summed E-state index contributed by atoms with van der Waals surface area (Å²) in [5, 5.41) is 19.0. The maximum atomic E-state index is 12.6. The van der Waals surface area contributed by atoms with Crippen molar-refractivity contribution in [3.63, 3.8) is 0 Å². The first-order valence-electron chi connectivity index (χ1n) is 10.7. The van der Waals surface area contributed by atoms with Gasteiger partial charge in [0, 0.05) is 42.2 Å². The number of carbonyl (C=O) groups is 1. The number of tetrazole rings is 1. The lowest BCUT2D eigenvalue weighted by Crippen LogP contribution is -2.38. The SMILES string of the molecule is CC(C)n1nc2c(c1-c1ccc(-c3nnn[nH]3)cc1)CCN(C(=O)OC(C)(C)C)CC2. The lowest BCUT2D eigenvalue weighted by Gasteiger charge is -2.26. The number of ether oxygens (including phenoxy) is 1. The molecule has 31 heavy (non-hydrogen) atoms. The molecular weight excluding hydrogens is 394 g/mol. The number of aromatic nitrogens is 6. The Hall–Kier alpha value is -3.23. The third-order valence-corrected chi connectivity index (χ3v) is 5.26. The van der Waals surface area contributed by atoms with Crippen LogP contribution in [0.4, 0.5) is 4.79 Å². The van der Waals surface area contributed by atoms with Gasteiger partial charge in [-0.15, -0.1) is 5.10 Å². The van der Waals surface area contributed by atoms with E-state index in [1.165, 1.54) is 5.56 Å². The van der Waals surface area contributed by atoms with Gasteiger partial charge in [0.05, 0.1) is 11.4 Å². The van der Waals surface area contributed by atoms with Crippen LogP contribution in [-0.2, 0) is 17.6 Å². The largest absolute Gasteiger partial charge is 0.444 e. The Morgan fingerprint density at radius 1 is 1.10 bits per heavy atom. The number of hydrogen-bond acceptors (Lipinski definition) is 6. The first-order chi connectivity index (χ1) is 14.7. The number of fused-ring (bicyclic) bond motifs is 1. The van der Waals surface area contributed by atoms with Crippen molar-refractivity contribution in [3.05, 3.63) is 35.5 Å². The van der Waals surface area contributed by atoms with Crippen LogP contribution in [0.3, 0.4) is 0 Å². The Labute approximate surface area is 181 Å². The number of rotatable bonds is 3. The fourth-order valence-corrected chi connectivity index (χ4v) is 3.83. The molecule has 0 unspecified atom stereocenters. The topological polar surface area (TPSA) is 102 Å². The monoisotopic (exact) mass is 423 g/mol. The van der Waals surface area contributed by atoms with Gasteiger partial charge in [0.25, 0.3) is 0 Å². The van der Waals surface area contributed by atoms with E-state index in [1.54, 1.807) is 4.90 Å². The fraction of sp³-hybridized carbons (Fsp3) is 0.500. The maximum Gasteiger partial charge on any atom is 0.410 e. The van der Waals surface area contributed by atoms with Gasteiger partial charge < -0.3 is 9.64 Å². The van der Waals surface area contributed by atoms with E-state index >= 15 is 0 Å². The average Bonchev–Trinajstić information content (AvgIpc) is 3.31. The van der Waals surface area contributed by atoms with Crippen LogP contribution in [0.2, 0.25) is 0 Å². The molecule has 9 heteroatoms. The van der Waals surface area contributed by atoms with Gasteiger partial charge in [-0.1, -0.05) is 24.3 Å². The molecule has 0 atom stereocenters. The molecule has 1 N–H and O–H groups in total. The van der Waals surface area contributed by atoms with Crippen LogP contribution < -0.4 is 0 Å². The van der Waals surface area contributed by atoms with Gasteiger partial charge in [0.1, 0.15) is 5.60 Å². The molecule has 0 radical (unpaired) electrons. The molecule has 164 valence electrons. The number of benzene rings is 1. The summed E-state index contributed by atoms with van der Waals surface area (Å²) in [6, 6.07) is 8.38. The smallest absolute Gasteiger partial charge is 0.410 e. The van der Waals surface area contributed by atoms with E-state index < -0.39 is 5.60 Å². The second kappa shape index (κ2) is 8.13. The van der Waals surface area contributed by atoms with Crippen molar-refractivity contribution in [1.29, 1.82) is 0 Å². The Morgan fingerprint density at radius 3 is 2.39 bits per heavy atom. The Morgan fingerprint density at radius 2 is 1.77 bits per heavy atom. The summed E-state index contributed by atoms with van der Waals surface area (Å²) in [5.74, 6) is 0.635. The number of H-pyrrole nitrogens is 1. The predicted octanol–water partition coefficient (Wildman–Crippen LogP) is 3.65. The molecule has 0 saturated heterocycles. The Kier molecular flexibility index (Phi) is 5.51. The lowest BCUT2D eigenvalue weighted by molar-refractivity contribution is 0.0258. The zero-order valence-corrected chi connectivity index (χ0v) is 18.7. The molecule has 0 saturated carbocycles. The number of nitrogens with zero attached hydrogens (tertiary/aromatic N) is 6. The van der Waals surface area contributed by atoms with Crippen LogP contribution >= 0.6 is 0 Å². The van der Waals surface area contributed by atoms with E-state index in [0.29, 0.717) is 25.3 Å². The third kappa shape index (κ3) is 4.45. The van der Waals surface area contributed by atoms with E-state index in [-0.39, 0.29) is 12.1 Å². The van der Waals surface area contributed by atoms with Crippen LogP contribution in [0, 0.1) is 0 Å². The molecule has 3 heterocycles. The van der Waals surface area contributed by atoms with Crippen molar-refractivity contribution < 1.29 is 9.53 Å². The van der Waals surface area contributed by atoms with Gasteiger partial charge in [0.15, 0.2) is 5.82 Å². The van der Waals surface area contributed by atoms with Crippen molar-refractivity contribution in [3.8, 4) is 22.6 Å². The minimum absolute atomic E-state index is 0.224. The number of nitrogens with one attached hydrogen (secondary N) is 1. The predicted molar refractivity (Wildman–Crippen MR) is 116 cm³/mol. The summed E-state index contributed by atoms with van der Waals surface area (Å²) in [6.45, 7) is 11.2. The number of amides is 1. The standard InChI is InChI=1S/C22H29N7O2/c1-14(2)29-19(15-6-8-16(9-7-15)20-23-26-27-24-20)17-10-12-28(13-11-18(17)25-29)21(30)31-22(3,4)5/h6-9,14H,10-13H2,1-5H3,(H,23,24,26,27). The van der Waals surface area contributed by atoms with Gasteiger partial charge in [0.2, 0.25) is 0 Å². The van der Waals surface area contributed by atoms with Crippen molar-refractivity contribution in [2.75, 3.05) is 13.1 Å². The number of hydrogen-bond donors (Lipinski definition) is 1. The summed E-state index contributed by atoms with van der Waals surface area (Å²) < 4.78 is 7.67. The first-order valence-corrected chi connectivity index (χ1v) is 10.7. The van der Waals surface area contributed by atoms with E-state index in [4.69, 9.17) is 9.84 Å². The molecule has 1 aliphatic rings. The van der Waals surface area contributed by atoms with Gasteiger partial charge in [-0.2, -0.15) is 5.10 Å². The van der Waals surface area contributed by atoms with Gasteiger partial charge >= 0.3 is 6.09 Å². The van der Waals surface area contributed by atoms with Crippen molar-refractivity contribution >= 4 is 6.09 Å². The van der Waals surface area contributed by atoms with Crippen molar-refractivity contribution in [2.24, 2.45) is 0 Å². The Balaban J connectivity index is 1.63. The van der Waals surface area contributed by atoms with Gasteiger partial charge in [-0.05, 0) is 51.5 Å². The molecule has 9 nitrogen and oxygen atoms in total. The number of carbonyl (C=O) groups excluding carboxylic acids is 1. The summed E-state index contributed by atoms with van der Waals surface area (Å²) in [6.07, 6.45) is 1.19. The van der Waals surface area contributed by atoms with E-state index in [0.717, 1.165) is 28.9 Å². The quantitative estimate of drug-likeness (QED) is 0.690. The van der Waals surface area contributed by atoms with Crippen LogP contribution in [0.25, 0.3) is 22.6 Å². The fourth-order valence-electron chi connectivity index (χ4n) is 3.83.